The molecule has 0 bridgehead atoms. The summed E-state index contributed by atoms with van der Waals surface area (Å²) < 4.78 is 20.4. The van der Waals surface area contributed by atoms with Gasteiger partial charge >= 0.3 is 0 Å². The molecule has 0 saturated carbocycles. The van der Waals surface area contributed by atoms with Crippen LogP contribution in [-0.4, -0.2) is 31.1 Å². The fourth-order valence-electron chi connectivity index (χ4n) is 2.70. The lowest BCUT2D eigenvalue weighted by molar-refractivity contribution is 0.102. The summed E-state index contributed by atoms with van der Waals surface area (Å²) in [7, 11) is 0. The summed E-state index contributed by atoms with van der Waals surface area (Å²) in [6.45, 7) is 2.77. The molecule has 30 heavy (non-hydrogen) atoms. The lowest BCUT2D eigenvalue weighted by Gasteiger charge is -2.07. The lowest BCUT2D eigenvalue weighted by Crippen LogP contribution is -2.12. The number of rotatable bonds is 7. The number of amides is 1. The number of benzene rings is 2. The number of carbonyl (C=O) groups excluding carboxylic acids is 1. The van der Waals surface area contributed by atoms with Gasteiger partial charge in [0.25, 0.3) is 5.91 Å². The second-order valence-electron chi connectivity index (χ2n) is 6.23. The third kappa shape index (κ3) is 4.49. The van der Waals surface area contributed by atoms with Crippen molar-refractivity contribution in [3.05, 3.63) is 71.1 Å². The Kier molecular flexibility index (Phi) is 5.75. The summed E-state index contributed by atoms with van der Waals surface area (Å²) >= 11 is 1.30. The van der Waals surface area contributed by atoms with Gasteiger partial charge in [-0.1, -0.05) is 6.07 Å². The molecule has 0 unspecified atom stereocenters. The van der Waals surface area contributed by atoms with Crippen LogP contribution in [0.4, 0.5) is 9.52 Å². The fraction of sp³-hybridized carbons (Fsp3) is 0.150. The van der Waals surface area contributed by atoms with E-state index < -0.39 is 0 Å². The van der Waals surface area contributed by atoms with Crippen LogP contribution in [0.3, 0.4) is 0 Å². The van der Waals surface area contributed by atoms with Gasteiger partial charge in [-0.25, -0.2) is 14.1 Å². The van der Waals surface area contributed by atoms with E-state index in [1.165, 1.54) is 23.5 Å². The number of halogens is 1. The van der Waals surface area contributed by atoms with Crippen molar-refractivity contribution in [3.63, 3.8) is 0 Å². The summed E-state index contributed by atoms with van der Waals surface area (Å²) in [6, 6.07) is 12.9. The summed E-state index contributed by atoms with van der Waals surface area (Å²) in [5, 5.41) is 16.4. The highest BCUT2D eigenvalue weighted by Gasteiger charge is 2.12. The van der Waals surface area contributed by atoms with Crippen LogP contribution >= 0.6 is 11.3 Å². The Balaban J connectivity index is 1.41. The van der Waals surface area contributed by atoms with E-state index in [-0.39, 0.29) is 18.3 Å². The Morgan fingerprint density at radius 1 is 1.23 bits per heavy atom. The molecule has 0 atom stereocenters. The Morgan fingerprint density at radius 2 is 2.07 bits per heavy atom. The fourth-order valence-corrected chi connectivity index (χ4v) is 3.42. The van der Waals surface area contributed by atoms with Crippen molar-refractivity contribution in [1.82, 2.24) is 25.2 Å². The average Bonchev–Trinajstić information content (AvgIpc) is 3.42. The minimum atomic E-state index is -0.309. The molecule has 0 spiro atoms. The van der Waals surface area contributed by atoms with Gasteiger partial charge in [-0.05, 0) is 59.8 Å². The van der Waals surface area contributed by atoms with Crippen molar-refractivity contribution >= 4 is 22.4 Å². The average molecular weight is 424 g/mol. The summed E-state index contributed by atoms with van der Waals surface area (Å²) in [6.07, 6.45) is 0. The molecule has 1 N–H and O–H groups in total. The monoisotopic (exact) mass is 424 g/mol. The number of nitrogens with zero attached hydrogens (tertiary/aromatic N) is 5. The Bertz CT molecular complexity index is 1160. The van der Waals surface area contributed by atoms with Crippen molar-refractivity contribution in [3.8, 4) is 17.0 Å². The minimum absolute atomic E-state index is 0.194. The number of ether oxygens (including phenoxy) is 1. The first-order valence-corrected chi connectivity index (χ1v) is 10.0. The van der Waals surface area contributed by atoms with E-state index in [0.29, 0.717) is 34.5 Å². The van der Waals surface area contributed by atoms with Gasteiger partial charge in [-0.3, -0.25) is 10.1 Å². The van der Waals surface area contributed by atoms with Gasteiger partial charge in [0.05, 0.1) is 5.69 Å². The van der Waals surface area contributed by atoms with Crippen LogP contribution in [0.25, 0.3) is 11.3 Å². The molecule has 0 saturated heterocycles. The molecule has 152 valence electrons. The Hall–Kier alpha value is -3.66. The standard InChI is InChI=1S/C20H17FN6O2S/c1-2-27-18(24-25-26-27)11-29-16-5-3-4-14(10-16)19(28)23-20-22-17(12-30-20)13-6-8-15(21)9-7-13/h3-10,12H,2,11H2,1H3,(H,22,23,28). The highest BCUT2D eigenvalue weighted by Crippen LogP contribution is 2.25. The second-order valence-corrected chi connectivity index (χ2v) is 7.08. The number of tetrazole rings is 1. The number of thiazole rings is 1. The number of nitrogens with one attached hydrogen (secondary N) is 1. The zero-order valence-electron chi connectivity index (χ0n) is 15.9. The third-order valence-corrected chi connectivity index (χ3v) is 4.99. The first-order chi connectivity index (χ1) is 14.6. The molecular weight excluding hydrogens is 407 g/mol. The molecule has 4 aromatic rings. The quantitative estimate of drug-likeness (QED) is 0.485. The number of aromatic nitrogens is 5. The molecule has 0 aliphatic heterocycles. The van der Waals surface area contributed by atoms with Crippen molar-refractivity contribution in [1.29, 1.82) is 0 Å². The normalized spacial score (nSPS) is 10.7. The van der Waals surface area contributed by atoms with E-state index in [2.05, 4.69) is 25.8 Å². The van der Waals surface area contributed by atoms with Gasteiger partial charge in [0.15, 0.2) is 11.0 Å². The molecule has 8 nitrogen and oxygen atoms in total. The third-order valence-electron chi connectivity index (χ3n) is 4.23. The second kappa shape index (κ2) is 8.78. The van der Waals surface area contributed by atoms with Gasteiger partial charge in [-0.15, -0.1) is 16.4 Å². The highest BCUT2D eigenvalue weighted by atomic mass is 32.1. The van der Waals surface area contributed by atoms with E-state index in [0.717, 1.165) is 5.56 Å². The van der Waals surface area contributed by atoms with E-state index in [1.54, 1.807) is 46.5 Å². The molecular formula is C20H17FN6O2S. The lowest BCUT2D eigenvalue weighted by atomic mass is 10.2. The topological polar surface area (TPSA) is 94.8 Å². The maximum absolute atomic E-state index is 13.1. The summed E-state index contributed by atoms with van der Waals surface area (Å²) in [4.78, 5) is 17.0. The van der Waals surface area contributed by atoms with Crippen LogP contribution in [0.2, 0.25) is 0 Å². The number of hydrogen-bond donors (Lipinski definition) is 1. The molecule has 1 amide bonds. The van der Waals surface area contributed by atoms with Crippen LogP contribution in [0.1, 0.15) is 23.1 Å². The van der Waals surface area contributed by atoms with Gasteiger partial charge in [0, 0.05) is 23.1 Å². The number of anilines is 1. The molecule has 10 heteroatoms. The van der Waals surface area contributed by atoms with Crippen LogP contribution < -0.4 is 10.1 Å². The van der Waals surface area contributed by atoms with Gasteiger partial charge < -0.3 is 4.74 Å². The molecule has 0 radical (unpaired) electrons. The predicted molar refractivity (Wildman–Crippen MR) is 110 cm³/mol. The molecule has 2 heterocycles. The summed E-state index contributed by atoms with van der Waals surface area (Å²) in [5.74, 6) is 0.512. The maximum Gasteiger partial charge on any atom is 0.257 e. The molecule has 0 aliphatic carbocycles. The van der Waals surface area contributed by atoms with Crippen LogP contribution in [0.15, 0.2) is 53.9 Å². The van der Waals surface area contributed by atoms with Crippen LogP contribution in [0.5, 0.6) is 5.75 Å². The molecule has 2 aromatic heterocycles. The van der Waals surface area contributed by atoms with E-state index >= 15 is 0 Å². The first kappa shape index (κ1) is 19.6. The smallest absolute Gasteiger partial charge is 0.257 e. The SMILES string of the molecule is CCn1nnnc1COc1cccc(C(=O)Nc2nc(-c3ccc(F)cc3)cs2)c1. The van der Waals surface area contributed by atoms with Gasteiger partial charge in [-0.2, -0.15) is 0 Å². The van der Waals surface area contributed by atoms with E-state index in [1.807, 2.05) is 6.92 Å². The Labute approximate surface area is 175 Å². The number of hydrogen-bond acceptors (Lipinski definition) is 7. The predicted octanol–water partition coefficient (Wildman–Crippen LogP) is 3.79. The van der Waals surface area contributed by atoms with Crippen molar-refractivity contribution in [2.75, 3.05) is 5.32 Å². The van der Waals surface area contributed by atoms with Crippen LogP contribution in [-0.2, 0) is 13.2 Å². The van der Waals surface area contributed by atoms with Crippen molar-refractivity contribution < 1.29 is 13.9 Å². The van der Waals surface area contributed by atoms with Gasteiger partial charge in [0.2, 0.25) is 0 Å². The van der Waals surface area contributed by atoms with E-state index in [4.69, 9.17) is 4.74 Å². The molecule has 0 aliphatic rings. The maximum atomic E-state index is 13.1. The molecule has 2 aromatic carbocycles. The molecule has 4 rings (SSSR count). The Morgan fingerprint density at radius 3 is 2.87 bits per heavy atom. The largest absolute Gasteiger partial charge is 0.486 e. The van der Waals surface area contributed by atoms with Crippen molar-refractivity contribution in [2.24, 2.45) is 0 Å². The minimum Gasteiger partial charge on any atom is -0.486 e. The number of aryl methyl sites for hydroxylation is 1. The molecule has 0 fully saturated rings. The zero-order chi connectivity index (χ0) is 20.9. The summed E-state index contributed by atoms with van der Waals surface area (Å²) in [5.41, 5.74) is 1.88. The van der Waals surface area contributed by atoms with Gasteiger partial charge in [0.1, 0.15) is 18.2 Å². The van der Waals surface area contributed by atoms with E-state index in [9.17, 15) is 9.18 Å². The van der Waals surface area contributed by atoms with Crippen molar-refractivity contribution in [2.45, 2.75) is 20.1 Å². The first-order valence-electron chi connectivity index (χ1n) is 9.13. The zero-order valence-corrected chi connectivity index (χ0v) is 16.8. The van der Waals surface area contributed by atoms with Crippen LogP contribution in [0, 0.1) is 5.82 Å². The highest BCUT2D eigenvalue weighted by molar-refractivity contribution is 7.14. The number of carbonyl (C=O) groups is 1.